The van der Waals surface area contributed by atoms with Crippen molar-refractivity contribution in [1.29, 1.82) is 5.26 Å². The van der Waals surface area contributed by atoms with E-state index in [4.69, 9.17) is 0 Å². The molecular formula is C27H21F7N8O2S. The third-order valence-electron chi connectivity index (χ3n) is 7.27. The molecule has 2 aliphatic heterocycles. The van der Waals surface area contributed by atoms with Crippen LogP contribution in [0.2, 0.25) is 0 Å². The van der Waals surface area contributed by atoms with Gasteiger partial charge in [0.1, 0.15) is 17.0 Å². The predicted molar refractivity (Wildman–Crippen MR) is 145 cm³/mol. The summed E-state index contributed by atoms with van der Waals surface area (Å²) >= 11 is 1.69. The second kappa shape index (κ2) is 12.5. The van der Waals surface area contributed by atoms with Gasteiger partial charge >= 0.3 is 23.9 Å². The molecule has 0 aromatic carbocycles. The monoisotopic (exact) mass is 654 g/mol. The van der Waals surface area contributed by atoms with E-state index in [2.05, 4.69) is 31.1 Å². The van der Waals surface area contributed by atoms with Crippen molar-refractivity contribution in [2.45, 2.75) is 42.7 Å². The first kappa shape index (κ1) is 31.9. The predicted octanol–water partition coefficient (Wildman–Crippen LogP) is 5.23. The molecule has 18 heteroatoms. The summed E-state index contributed by atoms with van der Waals surface area (Å²) in [5.74, 6) is -5.52. The number of ketones is 2. The van der Waals surface area contributed by atoms with E-state index >= 15 is 0 Å². The van der Waals surface area contributed by atoms with Crippen LogP contribution >= 0.6 is 11.8 Å². The Labute approximate surface area is 253 Å². The first-order valence-corrected chi connectivity index (χ1v) is 14.3. The van der Waals surface area contributed by atoms with Gasteiger partial charge in [-0.05, 0) is 30.5 Å². The highest BCUT2D eigenvalue weighted by Crippen LogP contribution is 2.37. The molecule has 236 valence electrons. The van der Waals surface area contributed by atoms with E-state index in [1.54, 1.807) is 24.0 Å². The highest BCUT2D eigenvalue weighted by Gasteiger charge is 2.54. The summed E-state index contributed by atoms with van der Waals surface area (Å²) in [6, 6.07) is 5.79. The van der Waals surface area contributed by atoms with Crippen LogP contribution in [0.5, 0.6) is 0 Å². The minimum Gasteiger partial charge on any atom is -0.354 e. The number of fused-ring (bicyclic) bond motifs is 2. The minimum atomic E-state index is -5.77. The molecule has 2 aliphatic rings. The molecule has 0 bridgehead atoms. The van der Waals surface area contributed by atoms with Crippen LogP contribution in [0, 0.1) is 23.1 Å². The maximum absolute atomic E-state index is 14.8. The number of nitriles is 1. The van der Waals surface area contributed by atoms with Gasteiger partial charge in [-0.25, -0.2) is 19.3 Å². The molecule has 4 aromatic heterocycles. The van der Waals surface area contributed by atoms with Crippen LogP contribution in [-0.4, -0.2) is 72.5 Å². The van der Waals surface area contributed by atoms with Gasteiger partial charge in [0.15, 0.2) is 11.6 Å². The van der Waals surface area contributed by atoms with E-state index in [1.165, 1.54) is 6.33 Å². The summed E-state index contributed by atoms with van der Waals surface area (Å²) in [5, 5.41) is 16.0. The Morgan fingerprint density at radius 2 is 1.89 bits per heavy atom. The summed E-state index contributed by atoms with van der Waals surface area (Å²) in [6.07, 6.45) is -2.39. The summed E-state index contributed by atoms with van der Waals surface area (Å²) < 4.78 is 83.6. The average molecular weight is 655 g/mol. The fourth-order valence-electron chi connectivity index (χ4n) is 5.15. The number of hydrogen-bond acceptors (Lipinski definition) is 9. The number of pyridine rings is 1. The molecule has 10 nitrogen and oxygen atoms in total. The van der Waals surface area contributed by atoms with Crippen LogP contribution in [0.4, 0.5) is 36.6 Å². The Balaban J connectivity index is 0.000000286. The summed E-state index contributed by atoms with van der Waals surface area (Å²) in [5.41, 5.74) is 3.46. The van der Waals surface area contributed by atoms with Crippen LogP contribution in [-0.2, 0) is 16.0 Å². The van der Waals surface area contributed by atoms with Crippen LogP contribution in [0.25, 0.3) is 22.3 Å². The number of thioether (sulfide) groups is 1. The number of rotatable bonds is 6. The topological polar surface area (TPSA) is 133 Å². The van der Waals surface area contributed by atoms with Crippen molar-refractivity contribution < 1.29 is 40.3 Å². The summed E-state index contributed by atoms with van der Waals surface area (Å²) in [4.78, 5) is 37.7. The number of carbonyl (C=O) groups excluding carboxylic acids is 2. The van der Waals surface area contributed by atoms with Gasteiger partial charge in [-0.1, -0.05) is 0 Å². The highest BCUT2D eigenvalue weighted by atomic mass is 32.2. The molecule has 0 amide bonds. The number of aryl methyl sites for hydroxylation is 1. The highest BCUT2D eigenvalue weighted by molar-refractivity contribution is 7.99. The van der Waals surface area contributed by atoms with Crippen molar-refractivity contribution >= 4 is 40.2 Å². The van der Waals surface area contributed by atoms with Crippen LogP contribution in [0.3, 0.4) is 0 Å². The average Bonchev–Trinajstić information content (AvgIpc) is 3.80. The number of carbonyl (C=O) groups is 2. The number of hydrogen-bond donors (Lipinski definition) is 1. The third kappa shape index (κ3) is 6.77. The number of Topliss-reactive ketones (excluding diaryl/α,β-unsaturated/α-hetero) is 2. The molecule has 6 heterocycles. The smallest absolute Gasteiger partial charge is 0.354 e. The number of nitrogens with zero attached hydrogens (tertiary/aromatic N) is 7. The standard InChI is InChI=1S/C23H21FN8S.C4F6O2/c24-18-9-14-4-8-33-23(14)30-22(18)31-7-3-15(11-31)19(1-5-25)32-12-16(10-29-32)20-17-2-6-26-21(17)28-13-27-20;5-3(6,7)1(11)2(12)4(8,9)10/h2,6,9-10,12-13,15,19H,1,3-4,7-8,11H2,(H,26,27,28);/t15-,19-;/m0./s1. The molecule has 0 unspecified atom stereocenters. The summed E-state index contributed by atoms with van der Waals surface area (Å²) in [6.45, 7) is 1.36. The number of halogens is 7. The lowest BCUT2D eigenvalue weighted by Gasteiger charge is -2.23. The molecule has 2 atom stereocenters. The zero-order valence-corrected chi connectivity index (χ0v) is 23.7. The number of anilines is 1. The Morgan fingerprint density at radius 1 is 1.16 bits per heavy atom. The van der Waals surface area contributed by atoms with Crippen molar-refractivity contribution in [3.05, 3.63) is 48.4 Å². The number of H-pyrrole nitrogens is 1. The van der Waals surface area contributed by atoms with Gasteiger partial charge in [-0.2, -0.15) is 36.7 Å². The van der Waals surface area contributed by atoms with Gasteiger partial charge in [-0.3, -0.25) is 14.3 Å². The fourth-order valence-corrected chi connectivity index (χ4v) is 6.16. The van der Waals surface area contributed by atoms with Crippen LogP contribution in [0.15, 0.2) is 42.1 Å². The van der Waals surface area contributed by atoms with Crippen molar-refractivity contribution in [3.63, 3.8) is 0 Å². The van der Waals surface area contributed by atoms with Crippen LogP contribution < -0.4 is 4.90 Å². The first-order valence-electron chi connectivity index (χ1n) is 13.3. The van der Waals surface area contributed by atoms with E-state index in [1.807, 2.05) is 28.0 Å². The molecule has 0 aliphatic carbocycles. The van der Waals surface area contributed by atoms with E-state index in [0.717, 1.165) is 51.5 Å². The Morgan fingerprint density at radius 3 is 2.58 bits per heavy atom. The van der Waals surface area contributed by atoms with Gasteiger partial charge in [-0.15, -0.1) is 11.8 Å². The lowest BCUT2D eigenvalue weighted by atomic mass is 9.96. The van der Waals surface area contributed by atoms with Crippen LogP contribution in [0.1, 0.15) is 24.4 Å². The second-order valence-corrected chi connectivity index (χ2v) is 11.2. The van der Waals surface area contributed by atoms with E-state index < -0.39 is 23.9 Å². The van der Waals surface area contributed by atoms with Crippen molar-refractivity contribution in [3.8, 4) is 17.3 Å². The lowest BCUT2D eigenvalue weighted by Crippen LogP contribution is -2.39. The number of nitrogens with one attached hydrogen (secondary N) is 1. The molecule has 1 N–H and O–H groups in total. The largest absolute Gasteiger partial charge is 0.458 e. The summed E-state index contributed by atoms with van der Waals surface area (Å²) in [7, 11) is 0. The normalized spacial score (nSPS) is 17.0. The van der Waals surface area contributed by atoms with Gasteiger partial charge in [0.25, 0.3) is 0 Å². The molecule has 1 fully saturated rings. The number of aromatic nitrogens is 6. The quantitative estimate of drug-likeness (QED) is 0.219. The third-order valence-corrected chi connectivity index (χ3v) is 8.30. The van der Waals surface area contributed by atoms with Gasteiger partial charge < -0.3 is 9.88 Å². The van der Waals surface area contributed by atoms with Crippen molar-refractivity contribution in [1.82, 2.24) is 29.7 Å². The number of aromatic amines is 1. The molecule has 0 radical (unpaired) electrons. The van der Waals surface area contributed by atoms with E-state index in [0.29, 0.717) is 25.3 Å². The van der Waals surface area contributed by atoms with Crippen molar-refractivity contribution in [2.24, 2.45) is 5.92 Å². The lowest BCUT2D eigenvalue weighted by molar-refractivity contribution is -0.193. The van der Waals surface area contributed by atoms with E-state index in [9.17, 15) is 45.6 Å². The molecule has 6 rings (SSSR count). The Bertz CT molecular complexity index is 1760. The maximum Gasteiger partial charge on any atom is 0.458 e. The molecule has 45 heavy (non-hydrogen) atoms. The van der Waals surface area contributed by atoms with Gasteiger partial charge in [0.2, 0.25) is 0 Å². The zero-order chi connectivity index (χ0) is 32.5. The fraction of sp³-hybridized carbons (Fsp3) is 0.370. The molecule has 1 saturated heterocycles. The zero-order valence-electron chi connectivity index (χ0n) is 22.9. The maximum atomic E-state index is 14.8. The Hall–Kier alpha value is -4.53. The minimum absolute atomic E-state index is 0.107. The Kier molecular flexibility index (Phi) is 8.83. The van der Waals surface area contributed by atoms with Gasteiger partial charge in [0.05, 0.1) is 30.4 Å². The SMILES string of the molecule is N#CC[C@@H]([C@H]1CCN(c2nc3c(cc2F)CCS3)C1)n1cc(-c2ncnc3[nH]ccc23)cn1.O=C(C(=O)C(F)(F)F)C(F)(F)F. The van der Waals surface area contributed by atoms with E-state index in [-0.39, 0.29) is 17.8 Å². The molecular weight excluding hydrogens is 633 g/mol. The first-order chi connectivity index (χ1) is 21.3. The second-order valence-electron chi connectivity index (χ2n) is 10.1. The number of alkyl halides is 6. The molecule has 0 saturated carbocycles. The molecule has 4 aromatic rings. The van der Waals surface area contributed by atoms with Gasteiger partial charge in [0, 0.05) is 48.1 Å². The van der Waals surface area contributed by atoms with Crippen molar-refractivity contribution in [2.75, 3.05) is 23.7 Å². The molecule has 0 spiro atoms.